The molecule has 1 aliphatic rings. The Labute approximate surface area is 193 Å². The van der Waals surface area contributed by atoms with Gasteiger partial charge in [-0.1, -0.05) is 24.3 Å². The zero-order valence-corrected chi connectivity index (χ0v) is 18.2. The number of nitrogens with one attached hydrogen (secondary N) is 1. The van der Waals surface area contributed by atoms with Crippen molar-refractivity contribution in [3.63, 3.8) is 0 Å². The Balaban J connectivity index is 1.83. The molecule has 0 unspecified atom stereocenters. The van der Waals surface area contributed by atoms with E-state index < -0.39 is 23.6 Å². The first-order valence-electron chi connectivity index (χ1n) is 10.3. The van der Waals surface area contributed by atoms with E-state index in [0.29, 0.717) is 11.1 Å². The number of carbonyl (C=O) groups excluding carboxylic acids is 2. The molecular formula is C26H18F3N3O2. The second-order valence-corrected chi connectivity index (χ2v) is 7.86. The van der Waals surface area contributed by atoms with E-state index in [9.17, 15) is 22.8 Å². The summed E-state index contributed by atoms with van der Waals surface area (Å²) in [6, 6.07) is 17.5. The number of hydrogen-bond donors (Lipinski definition) is 1. The van der Waals surface area contributed by atoms with Crippen molar-refractivity contribution in [1.82, 2.24) is 0 Å². The summed E-state index contributed by atoms with van der Waals surface area (Å²) in [5.41, 5.74) is 2.00. The van der Waals surface area contributed by atoms with Gasteiger partial charge in [0, 0.05) is 5.69 Å². The highest BCUT2D eigenvalue weighted by atomic mass is 19.4. The lowest BCUT2D eigenvalue weighted by Gasteiger charge is -2.15. The van der Waals surface area contributed by atoms with Crippen LogP contribution in [0, 0.1) is 25.2 Å². The average Bonchev–Trinajstić information content (AvgIpc) is 3.04. The zero-order valence-electron chi connectivity index (χ0n) is 18.2. The molecule has 1 N–H and O–H groups in total. The van der Waals surface area contributed by atoms with Crippen LogP contribution in [0.1, 0.15) is 27.8 Å². The van der Waals surface area contributed by atoms with Gasteiger partial charge < -0.3 is 5.32 Å². The van der Waals surface area contributed by atoms with Crippen LogP contribution in [0.3, 0.4) is 0 Å². The van der Waals surface area contributed by atoms with Crippen molar-refractivity contribution in [3.05, 3.63) is 100 Å². The largest absolute Gasteiger partial charge is 0.416 e. The molecule has 2 amide bonds. The number of imide groups is 1. The van der Waals surface area contributed by atoms with Gasteiger partial charge in [-0.15, -0.1) is 0 Å². The van der Waals surface area contributed by atoms with Gasteiger partial charge in [0.25, 0.3) is 11.8 Å². The Hall–Kier alpha value is -4.38. The summed E-state index contributed by atoms with van der Waals surface area (Å²) >= 11 is 0. The summed E-state index contributed by atoms with van der Waals surface area (Å²) in [7, 11) is 0. The average molecular weight is 461 g/mol. The van der Waals surface area contributed by atoms with Crippen molar-refractivity contribution in [2.75, 3.05) is 10.2 Å². The summed E-state index contributed by atoms with van der Waals surface area (Å²) in [5, 5.41) is 11.8. The van der Waals surface area contributed by atoms with Gasteiger partial charge in [0.05, 0.1) is 28.5 Å². The van der Waals surface area contributed by atoms with Crippen molar-refractivity contribution in [1.29, 1.82) is 5.26 Å². The summed E-state index contributed by atoms with van der Waals surface area (Å²) in [4.78, 5) is 27.8. The van der Waals surface area contributed by atoms with Crippen molar-refractivity contribution in [3.8, 4) is 6.07 Å². The molecule has 8 heteroatoms. The molecular weight excluding hydrogens is 443 g/mol. The summed E-state index contributed by atoms with van der Waals surface area (Å²) in [6.45, 7) is 3.76. The van der Waals surface area contributed by atoms with Crippen LogP contribution >= 0.6 is 0 Å². The molecule has 1 aliphatic heterocycles. The van der Waals surface area contributed by atoms with Crippen LogP contribution < -0.4 is 10.2 Å². The molecule has 0 fully saturated rings. The number of aryl methyl sites for hydroxylation is 2. The van der Waals surface area contributed by atoms with E-state index >= 15 is 0 Å². The molecule has 34 heavy (non-hydrogen) atoms. The van der Waals surface area contributed by atoms with E-state index in [1.54, 1.807) is 12.1 Å². The van der Waals surface area contributed by atoms with Crippen LogP contribution in [0.5, 0.6) is 0 Å². The molecule has 0 saturated carbocycles. The maximum atomic E-state index is 13.5. The van der Waals surface area contributed by atoms with Crippen LogP contribution in [0.2, 0.25) is 0 Å². The first kappa shape index (κ1) is 22.8. The second-order valence-electron chi connectivity index (χ2n) is 7.86. The molecule has 0 radical (unpaired) electrons. The van der Waals surface area contributed by atoms with Gasteiger partial charge in [0.1, 0.15) is 5.70 Å². The molecule has 0 spiro atoms. The van der Waals surface area contributed by atoms with Gasteiger partial charge in [0.15, 0.2) is 0 Å². The van der Waals surface area contributed by atoms with Gasteiger partial charge in [-0.3, -0.25) is 9.59 Å². The number of nitrogens with zero attached hydrogens (tertiary/aromatic N) is 2. The molecule has 3 aromatic carbocycles. The van der Waals surface area contributed by atoms with E-state index in [-0.39, 0.29) is 22.6 Å². The lowest BCUT2D eigenvalue weighted by molar-refractivity contribution is -0.137. The van der Waals surface area contributed by atoms with Crippen molar-refractivity contribution in [2.45, 2.75) is 20.0 Å². The van der Waals surface area contributed by atoms with E-state index in [1.165, 1.54) is 36.4 Å². The van der Waals surface area contributed by atoms with E-state index in [0.717, 1.165) is 28.2 Å². The molecule has 1 heterocycles. The molecule has 4 rings (SSSR count). The number of amides is 2. The first-order valence-corrected chi connectivity index (χ1v) is 10.3. The third-order valence-electron chi connectivity index (χ3n) is 5.59. The van der Waals surface area contributed by atoms with Crippen molar-refractivity contribution < 1.29 is 22.8 Å². The predicted molar refractivity (Wildman–Crippen MR) is 122 cm³/mol. The summed E-state index contributed by atoms with van der Waals surface area (Å²) < 4.78 is 39.6. The lowest BCUT2D eigenvalue weighted by atomic mass is 9.99. The number of anilines is 2. The van der Waals surface area contributed by atoms with Crippen LogP contribution in [0.4, 0.5) is 24.5 Å². The highest BCUT2D eigenvalue weighted by molar-refractivity contribution is 6.46. The standard InChI is InChI=1S/C26H18F3N3O2/c1-15-6-9-18(12-16(15)2)22-23(31-20-5-3-4-19(13-20)26(27,28)29)25(34)32(24(22)33)21-10-7-17(14-30)8-11-21/h3-13,31H,1-2H3. The van der Waals surface area contributed by atoms with Crippen molar-refractivity contribution >= 4 is 28.8 Å². The summed E-state index contributed by atoms with van der Waals surface area (Å²) in [6.07, 6.45) is -4.56. The Morgan fingerprint density at radius 3 is 2.21 bits per heavy atom. The van der Waals surface area contributed by atoms with Crippen LogP contribution in [0.25, 0.3) is 5.57 Å². The minimum atomic E-state index is -4.56. The van der Waals surface area contributed by atoms with Gasteiger partial charge in [-0.05, 0) is 73.0 Å². The molecule has 3 aromatic rings. The summed E-state index contributed by atoms with van der Waals surface area (Å²) in [5.74, 6) is -1.33. The maximum absolute atomic E-state index is 13.5. The number of hydrogen-bond acceptors (Lipinski definition) is 4. The molecule has 0 aliphatic carbocycles. The molecule has 170 valence electrons. The topological polar surface area (TPSA) is 73.2 Å². The first-order chi connectivity index (χ1) is 16.1. The fourth-order valence-corrected chi connectivity index (χ4v) is 3.65. The normalized spacial score (nSPS) is 13.9. The minimum Gasteiger partial charge on any atom is -0.350 e. The Morgan fingerprint density at radius 1 is 0.882 bits per heavy atom. The number of rotatable bonds is 4. The number of alkyl halides is 3. The molecule has 0 bridgehead atoms. The third-order valence-corrected chi connectivity index (χ3v) is 5.59. The number of benzene rings is 3. The van der Waals surface area contributed by atoms with Crippen LogP contribution in [0.15, 0.2) is 72.4 Å². The van der Waals surface area contributed by atoms with Gasteiger partial charge >= 0.3 is 6.18 Å². The SMILES string of the molecule is Cc1ccc(C2=C(Nc3cccc(C(F)(F)F)c3)C(=O)N(c3ccc(C#N)cc3)C2=O)cc1C. The quantitative estimate of drug-likeness (QED) is 0.514. The number of carbonyl (C=O) groups is 2. The van der Waals surface area contributed by atoms with Crippen molar-refractivity contribution in [2.24, 2.45) is 0 Å². The Kier molecular flexibility index (Phi) is 5.71. The van der Waals surface area contributed by atoms with Gasteiger partial charge in [-0.2, -0.15) is 18.4 Å². The highest BCUT2D eigenvalue weighted by Gasteiger charge is 2.40. The lowest BCUT2D eigenvalue weighted by Crippen LogP contribution is -2.32. The van der Waals surface area contributed by atoms with Gasteiger partial charge in [0.2, 0.25) is 0 Å². The number of nitriles is 1. The van der Waals surface area contributed by atoms with Gasteiger partial charge in [-0.25, -0.2) is 4.90 Å². The third kappa shape index (κ3) is 4.16. The smallest absolute Gasteiger partial charge is 0.350 e. The molecule has 0 aromatic heterocycles. The highest BCUT2D eigenvalue weighted by Crippen LogP contribution is 2.36. The fraction of sp³-hybridized carbons (Fsp3) is 0.115. The molecule has 0 saturated heterocycles. The van der Waals surface area contributed by atoms with E-state index in [1.807, 2.05) is 26.0 Å². The Morgan fingerprint density at radius 2 is 1.59 bits per heavy atom. The second kappa shape index (κ2) is 8.52. The minimum absolute atomic E-state index is 0.0222. The molecule has 5 nitrogen and oxygen atoms in total. The number of halogens is 3. The fourth-order valence-electron chi connectivity index (χ4n) is 3.65. The molecule has 0 atom stereocenters. The van der Waals surface area contributed by atoms with E-state index in [4.69, 9.17) is 5.26 Å². The monoisotopic (exact) mass is 461 g/mol. The zero-order chi connectivity index (χ0) is 24.6. The van der Waals surface area contributed by atoms with E-state index in [2.05, 4.69) is 5.32 Å². The van der Waals surface area contributed by atoms with Crippen LogP contribution in [-0.4, -0.2) is 11.8 Å². The van der Waals surface area contributed by atoms with Crippen LogP contribution in [-0.2, 0) is 15.8 Å². The predicted octanol–water partition coefficient (Wildman–Crippen LogP) is 5.59. The maximum Gasteiger partial charge on any atom is 0.416 e. The Bertz CT molecular complexity index is 1380.